The molecule has 152 valence electrons. The van der Waals surface area contributed by atoms with Crippen molar-refractivity contribution in [2.45, 2.75) is 33.7 Å². The van der Waals surface area contributed by atoms with Crippen LogP contribution in [0.1, 0.15) is 45.0 Å². The van der Waals surface area contributed by atoms with Gasteiger partial charge in [0.25, 0.3) is 5.91 Å². The van der Waals surface area contributed by atoms with E-state index in [1.807, 2.05) is 30.6 Å². The van der Waals surface area contributed by atoms with E-state index >= 15 is 0 Å². The van der Waals surface area contributed by atoms with Gasteiger partial charge in [-0.15, -0.1) is 0 Å². The van der Waals surface area contributed by atoms with Crippen LogP contribution in [-0.2, 0) is 13.0 Å². The van der Waals surface area contributed by atoms with Crippen molar-refractivity contribution in [3.63, 3.8) is 0 Å². The molecule has 0 saturated carbocycles. The number of amides is 2. The molecule has 0 spiro atoms. The van der Waals surface area contributed by atoms with Crippen molar-refractivity contribution in [3.05, 3.63) is 52.8 Å². The summed E-state index contributed by atoms with van der Waals surface area (Å²) in [6, 6.07) is 3.32. The highest BCUT2D eigenvalue weighted by molar-refractivity contribution is 6.03. The van der Waals surface area contributed by atoms with Gasteiger partial charge in [0.05, 0.1) is 16.7 Å². The van der Waals surface area contributed by atoms with Crippen LogP contribution in [0.25, 0.3) is 11.0 Å². The molecule has 0 unspecified atom stereocenters. The van der Waals surface area contributed by atoms with Crippen LogP contribution in [-0.4, -0.2) is 32.9 Å². The Bertz CT molecular complexity index is 1110. The van der Waals surface area contributed by atoms with Crippen LogP contribution < -0.4 is 16.8 Å². The third-order valence-electron chi connectivity index (χ3n) is 4.48. The summed E-state index contributed by atoms with van der Waals surface area (Å²) in [5, 5.41) is 2.80. The van der Waals surface area contributed by atoms with Crippen LogP contribution in [0.2, 0.25) is 0 Å². The van der Waals surface area contributed by atoms with Crippen LogP contribution in [0.3, 0.4) is 0 Å². The SMILES string of the molecule is CCc1nc(C)oc1C(=O)Nc1nc2cc(C(N)=O)cc(C)c2n1C/C=C/CN. The van der Waals surface area contributed by atoms with Gasteiger partial charge in [-0.25, -0.2) is 9.97 Å². The Balaban J connectivity index is 2.08. The summed E-state index contributed by atoms with van der Waals surface area (Å²) in [5.74, 6) is -0.0612. The number of imidazole rings is 1. The molecule has 29 heavy (non-hydrogen) atoms. The number of nitrogens with zero attached hydrogens (tertiary/aromatic N) is 3. The van der Waals surface area contributed by atoms with Crippen molar-refractivity contribution < 1.29 is 14.0 Å². The van der Waals surface area contributed by atoms with E-state index in [0.717, 1.165) is 11.1 Å². The average Bonchev–Trinajstić information content (AvgIpc) is 3.22. The molecule has 0 radical (unpaired) electrons. The van der Waals surface area contributed by atoms with E-state index in [9.17, 15) is 9.59 Å². The van der Waals surface area contributed by atoms with Gasteiger partial charge in [-0.2, -0.15) is 0 Å². The summed E-state index contributed by atoms with van der Waals surface area (Å²) in [7, 11) is 0. The minimum atomic E-state index is -0.539. The highest BCUT2D eigenvalue weighted by Gasteiger charge is 2.21. The second-order valence-electron chi connectivity index (χ2n) is 6.59. The lowest BCUT2D eigenvalue weighted by molar-refractivity contribution is 0.0988. The number of hydrogen-bond donors (Lipinski definition) is 3. The van der Waals surface area contributed by atoms with Gasteiger partial charge in [0.15, 0.2) is 5.89 Å². The maximum atomic E-state index is 12.8. The number of hydrogen-bond acceptors (Lipinski definition) is 6. The fraction of sp³-hybridized carbons (Fsp3) is 0.300. The summed E-state index contributed by atoms with van der Waals surface area (Å²) < 4.78 is 7.32. The first kappa shape index (κ1) is 20.3. The Morgan fingerprint density at radius 2 is 2.00 bits per heavy atom. The molecule has 0 atom stereocenters. The van der Waals surface area contributed by atoms with Gasteiger partial charge in [-0.3, -0.25) is 14.9 Å². The maximum absolute atomic E-state index is 12.8. The average molecular weight is 396 g/mol. The maximum Gasteiger partial charge on any atom is 0.295 e. The van der Waals surface area contributed by atoms with Gasteiger partial charge in [0, 0.05) is 25.6 Å². The number of aryl methyl sites for hydroxylation is 3. The van der Waals surface area contributed by atoms with E-state index in [1.165, 1.54) is 0 Å². The zero-order chi connectivity index (χ0) is 21.1. The highest BCUT2D eigenvalue weighted by Crippen LogP contribution is 2.26. The van der Waals surface area contributed by atoms with E-state index in [0.29, 0.717) is 48.1 Å². The molecule has 2 amide bonds. The molecule has 3 aromatic rings. The Hall–Kier alpha value is -3.46. The normalized spacial score (nSPS) is 11.4. The van der Waals surface area contributed by atoms with Gasteiger partial charge in [0.1, 0.15) is 0 Å². The molecule has 2 heterocycles. The van der Waals surface area contributed by atoms with E-state index in [4.69, 9.17) is 15.9 Å². The Labute approximate surface area is 167 Å². The van der Waals surface area contributed by atoms with Crippen molar-refractivity contribution in [2.24, 2.45) is 11.5 Å². The van der Waals surface area contributed by atoms with Crippen LogP contribution >= 0.6 is 0 Å². The number of benzene rings is 1. The summed E-state index contributed by atoms with van der Waals surface area (Å²) >= 11 is 0. The Morgan fingerprint density at radius 3 is 2.66 bits per heavy atom. The topological polar surface area (TPSA) is 142 Å². The van der Waals surface area contributed by atoms with E-state index in [1.54, 1.807) is 19.1 Å². The van der Waals surface area contributed by atoms with E-state index in [2.05, 4.69) is 15.3 Å². The van der Waals surface area contributed by atoms with Crippen LogP contribution in [0.4, 0.5) is 5.95 Å². The largest absolute Gasteiger partial charge is 0.436 e. The smallest absolute Gasteiger partial charge is 0.295 e. The lowest BCUT2D eigenvalue weighted by atomic mass is 10.1. The van der Waals surface area contributed by atoms with Crippen molar-refractivity contribution in [1.29, 1.82) is 0 Å². The number of carbonyl (C=O) groups excluding carboxylic acids is 2. The Kier molecular flexibility index (Phi) is 5.79. The number of allylic oxidation sites excluding steroid dienone is 1. The van der Waals surface area contributed by atoms with Gasteiger partial charge in [-0.05, 0) is 31.0 Å². The van der Waals surface area contributed by atoms with Gasteiger partial charge < -0.3 is 20.5 Å². The summed E-state index contributed by atoms with van der Waals surface area (Å²) in [6.45, 7) is 6.29. The second kappa shape index (κ2) is 8.27. The number of primary amides is 1. The lowest BCUT2D eigenvalue weighted by Gasteiger charge is -2.09. The molecule has 0 aliphatic rings. The first-order chi connectivity index (χ1) is 13.8. The van der Waals surface area contributed by atoms with Crippen molar-refractivity contribution in [1.82, 2.24) is 14.5 Å². The van der Waals surface area contributed by atoms with Crippen LogP contribution in [0.5, 0.6) is 0 Å². The van der Waals surface area contributed by atoms with E-state index < -0.39 is 11.8 Å². The summed E-state index contributed by atoms with van der Waals surface area (Å²) in [6.07, 6.45) is 4.27. The molecule has 0 saturated heterocycles. The predicted molar refractivity (Wildman–Crippen MR) is 110 cm³/mol. The number of oxazole rings is 1. The zero-order valence-electron chi connectivity index (χ0n) is 16.7. The molecule has 5 N–H and O–H groups in total. The standard InChI is InChI=1S/C20H24N6O3/c1-4-14-17(29-12(3)23-14)19(28)25-20-24-15-10-13(18(22)27)9-11(2)16(15)26(20)8-6-5-7-21/h5-6,9-10H,4,7-8,21H2,1-3H3,(H2,22,27)(H,24,25,28)/b6-5+. The number of fused-ring (bicyclic) bond motifs is 1. The molecule has 2 aromatic heterocycles. The van der Waals surface area contributed by atoms with Gasteiger partial charge >= 0.3 is 0 Å². The fourth-order valence-electron chi connectivity index (χ4n) is 3.21. The molecular weight excluding hydrogens is 372 g/mol. The highest BCUT2D eigenvalue weighted by atomic mass is 16.4. The lowest BCUT2D eigenvalue weighted by Crippen LogP contribution is -2.17. The minimum Gasteiger partial charge on any atom is -0.436 e. The molecule has 0 fully saturated rings. The molecular formula is C20H24N6O3. The molecule has 0 aliphatic heterocycles. The number of carbonyl (C=O) groups is 2. The number of rotatable bonds is 7. The predicted octanol–water partition coefficient (Wildman–Crippen LogP) is 2.07. The molecule has 9 nitrogen and oxygen atoms in total. The number of anilines is 1. The third-order valence-corrected chi connectivity index (χ3v) is 4.48. The first-order valence-corrected chi connectivity index (χ1v) is 9.29. The molecule has 0 aliphatic carbocycles. The number of nitrogens with two attached hydrogens (primary N) is 2. The number of nitrogens with one attached hydrogen (secondary N) is 1. The molecule has 9 heteroatoms. The van der Waals surface area contributed by atoms with Gasteiger partial charge in [-0.1, -0.05) is 19.1 Å². The molecule has 0 bridgehead atoms. The minimum absolute atomic E-state index is 0.163. The Morgan fingerprint density at radius 1 is 1.24 bits per heavy atom. The monoisotopic (exact) mass is 396 g/mol. The van der Waals surface area contributed by atoms with Crippen molar-refractivity contribution in [3.8, 4) is 0 Å². The van der Waals surface area contributed by atoms with Crippen molar-refractivity contribution in [2.75, 3.05) is 11.9 Å². The number of aromatic nitrogens is 3. The van der Waals surface area contributed by atoms with Crippen molar-refractivity contribution >= 4 is 28.8 Å². The van der Waals surface area contributed by atoms with E-state index in [-0.39, 0.29) is 5.76 Å². The fourth-order valence-corrected chi connectivity index (χ4v) is 3.21. The van der Waals surface area contributed by atoms with Gasteiger partial charge in [0.2, 0.25) is 17.6 Å². The van der Waals surface area contributed by atoms with Crippen LogP contribution in [0.15, 0.2) is 28.7 Å². The summed E-state index contributed by atoms with van der Waals surface area (Å²) in [5.41, 5.74) is 14.1. The summed E-state index contributed by atoms with van der Waals surface area (Å²) in [4.78, 5) is 33.2. The third kappa shape index (κ3) is 4.04. The zero-order valence-corrected chi connectivity index (χ0v) is 16.7. The molecule has 1 aromatic carbocycles. The first-order valence-electron chi connectivity index (χ1n) is 9.29. The second-order valence-corrected chi connectivity index (χ2v) is 6.59. The quantitative estimate of drug-likeness (QED) is 0.522. The van der Waals surface area contributed by atoms with Crippen LogP contribution in [0, 0.1) is 13.8 Å². The molecule has 3 rings (SSSR count).